The Morgan fingerprint density at radius 3 is 2.78 bits per heavy atom. The molecule has 0 radical (unpaired) electrons. The molecule has 7 heteroatoms. The van der Waals surface area contributed by atoms with E-state index in [0.717, 1.165) is 10.5 Å². The van der Waals surface area contributed by atoms with E-state index in [1.807, 2.05) is 25.1 Å². The summed E-state index contributed by atoms with van der Waals surface area (Å²) >= 11 is 1.28. The van der Waals surface area contributed by atoms with Crippen LogP contribution in [0.5, 0.6) is 0 Å². The molecule has 0 unspecified atom stereocenters. The largest absolute Gasteiger partial charge is 0.416 e. The molecule has 2 rings (SSSR count). The van der Waals surface area contributed by atoms with Gasteiger partial charge in [0.25, 0.3) is 5.22 Å². The highest BCUT2D eigenvalue weighted by Crippen LogP contribution is 2.30. The van der Waals surface area contributed by atoms with Gasteiger partial charge in [0.15, 0.2) is 5.84 Å². The van der Waals surface area contributed by atoms with Crippen LogP contribution in [0.3, 0.4) is 0 Å². The predicted molar refractivity (Wildman–Crippen MR) is 66.8 cm³/mol. The Labute approximate surface area is 108 Å². The molecular formula is C11H12N4O2S. The van der Waals surface area contributed by atoms with Gasteiger partial charge in [0.1, 0.15) is 0 Å². The Morgan fingerprint density at radius 1 is 1.39 bits per heavy atom. The molecule has 1 aromatic carbocycles. The van der Waals surface area contributed by atoms with Crippen molar-refractivity contribution in [2.75, 3.05) is 0 Å². The van der Waals surface area contributed by atoms with Gasteiger partial charge >= 0.3 is 0 Å². The lowest BCUT2D eigenvalue weighted by atomic mass is 10.1. The molecule has 0 saturated heterocycles. The summed E-state index contributed by atoms with van der Waals surface area (Å²) in [6.45, 7) is 3.65. The summed E-state index contributed by atoms with van der Waals surface area (Å²) in [7, 11) is 0. The first-order valence-corrected chi connectivity index (χ1v) is 5.98. The van der Waals surface area contributed by atoms with Gasteiger partial charge in [0.2, 0.25) is 5.89 Å². The Kier molecular flexibility index (Phi) is 3.52. The van der Waals surface area contributed by atoms with Crippen molar-refractivity contribution in [3.63, 3.8) is 0 Å². The van der Waals surface area contributed by atoms with Crippen LogP contribution in [0, 0.1) is 13.8 Å². The SMILES string of the molecule is Cc1ccc(Sc2nnc(C)o2)c(/C(N)=N/O)c1. The Balaban J connectivity index is 2.38. The summed E-state index contributed by atoms with van der Waals surface area (Å²) in [5.41, 5.74) is 7.30. The van der Waals surface area contributed by atoms with Crippen LogP contribution in [0.2, 0.25) is 0 Å². The second kappa shape index (κ2) is 5.09. The van der Waals surface area contributed by atoms with Crippen molar-refractivity contribution in [2.24, 2.45) is 10.9 Å². The number of rotatable bonds is 3. The number of nitrogens with two attached hydrogens (primary N) is 1. The molecule has 0 aliphatic rings. The second-order valence-electron chi connectivity index (χ2n) is 3.67. The van der Waals surface area contributed by atoms with E-state index in [2.05, 4.69) is 15.4 Å². The van der Waals surface area contributed by atoms with Crippen molar-refractivity contribution in [1.29, 1.82) is 0 Å². The molecule has 1 heterocycles. The van der Waals surface area contributed by atoms with Crippen molar-refractivity contribution in [1.82, 2.24) is 10.2 Å². The van der Waals surface area contributed by atoms with Gasteiger partial charge in [-0.15, -0.1) is 10.2 Å². The molecular weight excluding hydrogens is 252 g/mol. The summed E-state index contributed by atoms with van der Waals surface area (Å²) in [5.74, 6) is 0.549. The summed E-state index contributed by atoms with van der Waals surface area (Å²) in [4.78, 5) is 0.791. The smallest absolute Gasteiger partial charge is 0.281 e. The normalized spacial score (nSPS) is 11.8. The number of aryl methyl sites for hydroxylation is 2. The lowest BCUT2D eigenvalue weighted by Gasteiger charge is -2.06. The standard InChI is InChI=1S/C11H12N4O2S/c1-6-3-4-9(8(5-6)10(12)15-16)18-11-14-13-7(2)17-11/h3-5,16H,1-2H3,(H2,12,15). The van der Waals surface area contributed by atoms with E-state index in [0.29, 0.717) is 16.7 Å². The van der Waals surface area contributed by atoms with Crippen LogP contribution < -0.4 is 5.73 Å². The first kappa shape index (κ1) is 12.4. The maximum Gasteiger partial charge on any atom is 0.281 e. The van der Waals surface area contributed by atoms with E-state index in [4.69, 9.17) is 15.4 Å². The van der Waals surface area contributed by atoms with E-state index in [-0.39, 0.29) is 5.84 Å². The van der Waals surface area contributed by atoms with Crippen LogP contribution in [0.1, 0.15) is 17.0 Å². The average molecular weight is 264 g/mol. The first-order valence-electron chi connectivity index (χ1n) is 5.16. The van der Waals surface area contributed by atoms with Crippen LogP contribution in [-0.4, -0.2) is 21.2 Å². The molecule has 0 atom stereocenters. The highest BCUT2D eigenvalue weighted by atomic mass is 32.2. The Morgan fingerprint density at radius 2 is 2.17 bits per heavy atom. The van der Waals surface area contributed by atoms with Gasteiger partial charge in [0, 0.05) is 17.4 Å². The average Bonchev–Trinajstić information content (AvgIpc) is 2.76. The number of hydrogen-bond acceptors (Lipinski definition) is 6. The van der Waals surface area contributed by atoms with Crippen LogP contribution in [0.25, 0.3) is 0 Å². The van der Waals surface area contributed by atoms with Gasteiger partial charge in [-0.3, -0.25) is 0 Å². The third kappa shape index (κ3) is 2.62. The summed E-state index contributed by atoms with van der Waals surface area (Å²) in [5, 5.41) is 19.9. The van der Waals surface area contributed by atoms with Gasteiger partial charge < -0.3 is 15.4 Å². The van der Waals surface area contributed by atoms with Gasteiger partial charge in [-0.1, -0.05) is 16.8 Å². The number of aromatic nitrogens is 2. The fraction of sp³-hybridized carbons (Fsp3) is 0.182. The minimum atomic E-state index is 0.0532. The molecule has 94 valence electrons. The quantitative estimate of drug-likeness (QED) is 0.380. The molecule has 0 aliphatic carbocycles. The van der Waals surface area contributed by atoms with Gasteiger partial charge in [0.05, 0.1) is 0 Å². The number of hydrogen-bond donors (Lipinski definition) is 2. The fourth-order valence-corrected chi connectivity index (χ4v) is 2.24. The summed E-state index contributed by atoms with van der Waals surface area (Å²) in [6, 6.07) is 5.63. The molecule has 3 N–H and O–H groups in total. The van der Waals surface area contributed by atoms with Gasteiger partial charge in [-0.25, -0.2) is 0 Å². The number of benzene rings is 1. The molecule has 6 nitrogen and oxygen atoms in total. The first-order chi connectivity index (χ1) is 8.60. The van der Waals surface area contributed by atoms with Crippen LogP contribution in [0.15, 0.2) is 37.9 Å². The van der Waals surface area contributed by atoms with Crippen molar-refractivity contribution in [3.05, 3.63) is 35.2 Å². The zero-order valence-corrected chi connectivity index (χ0v) is 10.7. The van der Waals surface area contributed by atoms with E-state index >= 15 is 0 Å². The maximum absolute atomic E-state index is 8.78. The molecule has 0 saturated carbocycles. The Hall–Kier alpha value is -2.02. The predicted octanol–water partition coefficient (Wildman–Crippen LogP) is 1.93. The molecule has 1 aromatic heterocycles. The number of amidine groups is 1. The third-order valence-corrected chi connectivity index (χ3v) is 3.14. The van der Waals surface area contributed by atoms with Crippen molar-refractivity contribution >= 4 is 17.6 Å². The zero-order chi connectivity index (χ0) is 13.1. The van der Waals surface area contributed by atoms with E-state index in [9.17, 15) is 0 Å². The highest BCUT2D eigenvalue weighted by Gasteiger charge is 2.12. The zero-order valence-electron chi connectivity index (χ0n) is 9.91. The maximum atomic E-state index is 8.78. The van der Waals surface area contributed by atoms with Crippen LogP contribution in [0.4, 0.5) is 0 Å². The van der Waals surface area contributed by atoms with E-state index in [1.54, 1.807) is 6.92 Å². The second-order valence-corrected chi connectivity index (χ2v) is 4.67. The lowest BCUT2D eigenvalue weighted by molar-refractivity contribution is 0.318. The highest BCUT2D eigenvalue weighted by molar-refractivity contribution is 7.99. The molecule has 0 bridgehead atoms. The van der Waals surface area contributed by atoms with E-state index < -0.39 is 0 Å². The number of nitrogens with zero attached hydrogens (tertiary/aromatic N) is 3. The minimum Gasteiger partial charge on any atom is -0.416 e. The van der Waals surface area contributed by atoms with Crippen molar-refractivity contribution < 1.29 is 9.62 Å². The van der Waals surface area contributed by atoms with Gasteiger partial charge in [-0.05, 0) is 30.8 Å². The number of oxime groups is 1. The monoisotopic (exact) mass is 264 g/mol. The molecule has 18 heavy (non-hydrogen) atoms. The molecule has 0 aliphatic heterocycles. The molecule has 0 fully saturated rings. The molecule has 0 amide bonds. The van der Waals surface area contributed by atoms with Crippen molar-refractivity contribution in [2.45, 2.75) is 24.0 Å². The van der Waals surface area contributed by atoms with E-state index in [1.165, 1.54) is 11.8 Å². The minimum absolute atomic E-state index is 0.0532. The van der Waals surface area contributed by atoms with Crippen molar-refractivity contribution in [3.8, 4) is 0 Å². The van der Waals surface area contributed by atoms with Crippen LogP contribution in [-0.2, 0) is 0 Å². The summed E-state index contributed by atoms with van der Waals surface area (Å²) < 4.78 is 5.28. The lowest BCUT2D eigenvalue weighted by Crippen LogP contribution is -2.14. The molecule has 2 aromatic rings. The topological polar surface area (TPSA) is 97.5 Å². The Bertz CT molecular complexity index is 594. The van der Waals surface area contributed by atoms with Crippen LogP contribution >= 0.6 is 11.8 Å². The fourth-order valence-electron chi connectivity index (χ4n) is 1.40. The van der Waals surface area contributed by atoms with Gasteiger partial charge in [-0.2, -0.15) is 0 Å². The third-order valence-electron chi connectivity index (χ3n) is 2.22. The molecule has 0 spiro atoms. The summed E-state index contributed by atoms with van der Waals surface area (Å²) in [6.07, 6.45) is 0.